The maximum Gasteiger partial charge on any atom is 0.223 e. The van der Waals surface area contributed by atoms with Gasteiger partial charge in [0.05, 0.1) is 13.2 Å². The van der Waals surface area contributed by atoms with E-state index >= 15 is 0 Å². The predicted octanol–water partition coefficient (Wildman–Crippen LogP) is 2.25. The van der Waals surface area contributed by atoms with Crippen LogP contribution in [0.3, 0.4) is 0 Å². The zero-order valence-electron chi connectivity index (χ0n) is 12.8. The van der Waals surface area contributed by atoms with Crippen molar-refractivity contribution in [3.05, 3.63) is 53.6 Å². The van der Waals surface area contributed by atoms with E-state index in [1.54, 1.807) is 6.20 Å². The first-order chi connectivity index (χ1) is 10.7. The van der Waals surface area contributed by atoms with Crippen LogP contribution >= 0.6 is 0 Å². The number of aryl methyl sites for hydroxylation is 2. The number of ether oxygens (including phenoxy) is 1. The van der Waals surface area contributed by atoms with Crippen LogP contribution in [0.2, 0.25) is 0 Å². The lowest BCUT2D eigenvalue weighted by Crippen LogP contribution is -2.44. The second kappa shape index (κ2) is 6.75. The quantitative estimate of drug-likeness (QED) is 0.942. The van der Waals surface area contributed by atoms with Crippen molar-refractivity contribution < 1.29 is 9.53 Å². The van der Waals surface area contributed by atoms with Crippen molar-refractivity contribution in [1.29, 1.82) is 0 Å². The van der Waals surface area contributed by atoms with E-state index in [2.05, 4.69) is 22.1 Å². The third-order valence-corrected chi connectivity index (χ3v) is 3.96. The van der Waals surface area contributed by atoms with Crippen LogP contribution in [0, 0.1) is 6.92 Å². The van der Waals surface area contributed by atoms with Crippen LogP contribution in [0.25, 0.3) is 0 Å². The highest BCUT2D eigenvalue weighted by atomic mass is 16.5. The minimum atomic E-state index is -0.106. The van der Waals surface area contributed by atoms with Crippen LogP contribution < -0.4 is 0 Å². The molecule has 1 aromatic heterocycles. The van der Waals surface area contributed by atoms with Crippen molar-refractivity contribution in [2.45, 2.75) is 25.8 Å². The molecule has 1 aliphatic heterocycles. The van der Waals surface area contributed by atoms with Crippen molar-refractivity contribution in [1.82, 2.24) is 14.9 Å². The SMILES string of the molecule is Cc1cnc([C@H]2COCCN2C(=O)CCc2ccccc2)[nH]1. The molecular formula is C17H21N3O2. The lowest BCUT2D eigenvalue weighted by Gasteiger charge is -2.34. The number of nitrogens with zero attached hydrogens (tertiary/aromatic N) is 2. The Hall–Kier alpha value is -2.14. The van der Waals surface area contributed by atoms with Crippen molar-refractivity contribution in [3.8, 4) is 0 Å². The van der Waals surface area contributed by atoms with Crippen LogP contribution in [-0.4, -0.2) is 40.5 Å². The molecule has 5 nitrogen and oxygen atoms in total. The Morgan fingerprint density at radius 2 is 2.23 bits per heavy atom. The number of rotatable bonds is 4. The van der Waals surface area contributed by atoms with Gasteiger partial charge in [-0.25, -0.2) is 4.98 Å². The first kappa shape index (κ1) is 14.8. The van der Waals surface area contributed by atoms with E-state index in [-0.39, 0.29) is 11.9 Å². The van der Waals surface area contributed by atoms with Crippen LogP contribution in [0.4, 0.5) is 0 Å². The molecule has 1 N–H and O–H groups in total. The average molecular weight is 299 g/mol. The van der Waals surface area contributed by atoms with Gasteiger partial charge in [-0.1, -0.05) is 30.3 Å². The van der Waals surface area contributed by atoms with Gasteiger partial charge in [-0.3, -0.25) is 4.79 Å². The second-order valence-electron chi connectivity index (χ2n) is 5.61. The van der Waals surface area contributed by atoms with E-state index in [0.29, 0.717) is 26.2 Å². The molecule has 1 aliphatic rings. The number of aromatic amines is 1. The molecule has 2 aromatic rings. The summed E-state index contributed by atoms with van der Waals surface area (Å²) in [5.74, 6) is 0.969. The highest BCUT2D eigenvalue weighted by Gasteiger charge is 2.30. The number of amides is 1. The number of hydrogen-bond donors (Lipinski definition) is 1. The summed E-state index contributed by atoms with van der Waals surface area (Å²) >= 11 is 0. The van der Waals surface area contributed by atoms with Gasteiger partial charge in [0.25, 0.3) is 0 Å². The molecule has 0 radical (unpaired) electrons. The summed E-state index contributed by atoms with van der Waals surface area (Å²) in [4.78, 5) is 22.1. The number of hydrogen-bond acceptors (Lipinski definition) is 3. The first-order valence-electron chi connectivity index (χ1n) is 7.66. The molecule has 1 aromatic carbocycles. The minimum Gasteiger partial charge on any atom is -0.377 e. The monoisotopic (exact) mass is 299 g/mol. The number of imidazole rings is 1. The Labute approximate surface area is 130 Å². The molecule has 1 fully saturated rings. The number of carbonyl (C=O) groups excluding carboxylic acids is 1. The number of benzene rings is 1. The molecule has 0 aliphatic carbocycles. The van der Waals surface area contributed by atoms with Gasteiger partial charge < -0.3 is 14.6 Å². The lowest BCUT2D eigenvalue weighted by molar-refractivity contribution is -0.140. The zero-order chi connectivity index (χ0) is 15.4. The summed E-state index contributed by atoms with van der Waals surface area (Å²) in [5.41, 5.74) is 2.19. The molecule has 3 rings (SSSR count). The van der Waals surface area contributed by atoms with E-state index in [1.807, 2.05) is 30.0 Å². The summed E-state index contributed by atoms with van der Waals surface area (Å²) in [5, 5.41) is 0. The van der Waals surface area contributed by atoms with Gasteiger partial charge in [0.1, 0.15) is 11.9 Å². The Morgan fingerprint density at radius 3 is 2.95 bits per heavy atom. The highest BCUT2D eigenvalue weighted by molar-refractivity contribution is 5.77. The Kier molecular flexibility index (Phi) is 4.53. The van der Waals surface area contributed by atoms with E-state index in [1.165, 1.54) is 5.56 Å². The number of nitrogens with one attached hydrogen (secondary N) is 1. The fourth-order valence-electron chi connectivity index (χ4n) is 2.77. The molecule has 5 heteroatoms. The molecule has 1 amide bonds. The number of morpholine rings is 1. The molecule has 116 valence electrons. The normalized spacial score (nSPS) is 18.4. The Bertz CT molecular complexity index is 624. The number of carbonyl (C=O) groups is 1. The lowest BCUT2D eigenvalue weighted by atomic mass is 10.1. The molecule has 0 saturated carbocycles. The van der Waals surface area contributed by atoms with Gasteiger partial charge in [-0.2, -0.15) is 0 Å². The number of H-pyrrole nitrogens is 1. The van der Waals surface area contributed by atoms with Gasteiger partial charge in [0.15, 0.2) is 0 Å². The van der Waals surface area contributed by atoms with Gasteiger partial charge >= 0.3 is 0 Å². The average Bonchev–Trinajstić information content (AvgIpc) is 3.00. The molecule has 0 unspecified atom stereocenters. The fourth-order valence-corrected chi connectivity index (χ4v) is 2.77. The van der Waals surface area contributed by atoms with E-state index in [0.717, 1.165) is 17.9 Å². The predicted molar refractivity (Wildman–Crippen MR) is 83.4 cm³/mol. The van der Waals surface area contributed by atoms with E-state index in [9.17, 15) is 4.79 Å². The number of aromatic nitrogens is 2. The molecule has 0 bridgehead atoms. The van der Waals surface area contributed by atoms with Crippen molar-refractivity contribution in [2.24, 2.45) is 0 Å². The van der Waals surface area contributed by atoms with Crippen LogP contribution in [0.5, 0.6) is 0 Å². The second-order valence-corrected chi connectivity index (χ2v) is 5.61. The Balaban J connectivity index is 1.66. The maximum atomic E-state index is 12.6. The molecular weight excluding hydrogens is 278 g/mol. The summed E-state index contributed by atoms with van der Waals surface area (Å²) < 4.78 is 5.54. The summed E-state index contributed by atoms with van der Waals surface area (Å²) in [6.45, 7) is 3.68. The highest BCUT2D eigenvalue weighted by Crippen LogP contribution is 2.23. The van der Waals surface area contributed by atoms with Crippen LogP contribution in [-0.2, 0) is 16.0 Å². The topological polar surface area (TPSA) is 58.2 Å². The van der Waals surface area contributed by atoms with Crippen molar-refractivity contribution >= 4 is 5.91 Å². The fraction of sp³-hybridized carbons (Fsp3) is 0.412. The van der Waals surface area contributed by atoms with Crippen molar-refractivity contribution in [3.63, 3.8) is 0 Å². The van der Waals surface area contributed by atoms with Crippen molar-refractivity contribution in [2.75, 3.05) is 19.8 Å². The molecule has 2 heterocycles. The smallest absolute Gasteiger partial charge is 0.223 e. The minimum absolute atomic E-state index is 0.106. The summed E-state index contributed by atoms with van der Waals surface area (Å²) in [6.07, 6.45) is 3.07. The van der Waals surface area contributed by atoms with Gasteiger partial charge in [0.2, 0.25) is 5.91 Å². The molecule has 1 atom stereocenters. The molecule has 0 spiro atoms. The zero-order valence-corrected chi connectivity index (χ0v) is 12.8. The van der Waals surface area contributed by atoms with Crippen LogP contribution in [0.1, 0.15) is 29.5 Å². The first-order valence-corrected chi connectivity index (χ1v) is 7.66. The summed E-state index contributed by atoms with van der Waals surface area (Å²) in [7, 11) is 0. The van der Waals surface area contributed by atoms with Gasteiger partial charge in [-0.05, 0) is 18.9 Å². The third-order valence-electron chi connectivity index (χ3n) is 3.96. The molecule has 1 saturated heterocycles. The molecule has 22 heavy (non-hydrogen) atoms. The van der Waals surface area contributed by atoms with E-state index in [4.69, 9.17) is 4.74 Å². The Morgan fingerprint density at radius 1 is 1.41 bits per heavy atom. The van der Waals surface area contributed by atoms with Crippen LogP contribution in [0.15, 0.2) is 36.5 Å². The van der Waals surface area contributed by atoms with E-state index < -0.39 is 0 Å². The van der Waals surface area contributed by atoms with Gasteiger partial charge in [-0.15, -0.1) is 0 Å². The largest absolute Gasteiger partial charge is 0.377 e. The van der Waals surface area contributed by atoms with Gasteiger partial charge in [0, 0.05) is 24.9 Å². The third kappa shape index (κ3) is 3.36. The summed E-state index contributed by atoms with van der Waals surface area (Å²) in [6, 6.07) is 10.00. The maximum absolute atomic E-state index is 12.6. The standard InChI is InChI=1S/C17H21N3O2/c1-13-11-18-17(19-13)15-12-22-10-9-20(15)16(21)8-7-14-5-3-2-4-6-14/h2-6,11,15H,7-10,12H2,1H3,(H,18,19)/t15-/m1/s1.